The van der Waals surface area contributed by atoms with Crippen LogP contribution in [0.1, 0.15) is 17.4 Å². The molecule has 0 aliphatic heterocycles. The van der Waals surface area contributed by atoms with E-state index in [2.05, 4.69) is 15.1 Å². The Kier molecular flexibility index (Phi) is 3.75. The molecule has 2 heterocycles. The Balaban J connectivity index is 1.91. The topological polar surface area (TPSA) is 89.1 Å². The van der Waals surface area contributed by atoms with Gasteiger partial charge in [-0.05, 0) is 0 Å². The minimum absolute atomic E-state index is 0.0433. The van der Waals surface area contributed by atoms with Crippen molar-refractivity contribution >= 4 is 29.1 Å². The van der Waals surface area contributed by atoms with E-state index < -0.39 is 5.97 Å². The number of aromatic nitrogens is 3. The minimum atomic E-state index is -0.874. The number of carbonyl (C=O) groups is 1. The number of rotatable bonds is 5. The molecule has 0 bridgehead atoms. The number of aliphatic carboxylic acids is 1. The summed E-state index contributed by atoms with van der Waals surface area (Å²) in [6.07, 6.45) is -0.0433. The van der Waals surface area contributed by atoms with Crippen molar-refractivity contribution in [3.8, 4) is 0 Å². The van der Waals surface area contributed by atoms with Crippen molar-refractivity contribution in [1.82, 2.24) is 15.1 Å². The molecule has 6 nitrogen and oxygen atoms in total. The summed E-state index contributed by atoms with van der Waals surface area (Å²) in [5.41, 5.74) is 0.578. The highest BCUT2D eigenvalue weighted by atomic mass is 32.2. The van der Waals surface area contributed by atoms with Crippen LogP contribution in [0.4, 0.5) is 0 Å². The molecule has 0 aliphatic carbocycles. The summed E-state index contributed by atoms with van der Waals surface area (Å²) >= 11 is 2.88. The first kappa shape index (κ1) is 12.1. The maximum absolute atomic E-state index is 10.5. The Morgan fingerprint density at radius 1 is 1.59 bits per heavy atom. The summed E-state index contributed by atoms with van der Waals surface area (Å²) in [5, 5.41) is 14.1. The molecule has 8 heteroatoms. The first-order valence-electron chi connectivity index (χ1n) is 4.71. The van der Waals surface area contributed by atoms with Crippen LogP contribution in [-0.2, 0) is 17.0 Å². The summed E-state index contributed by atoms with van der Waals surface area (Å²) < 4.78 is 5.65. The third-order valence-electron chi connectivity index (χ3n) is 1.76. The molecule has 0 saturated heterocycles. The molecular weight excluding hydrogens is 262 g/mol. The summed E-state index contributed by atoms with van der Waals surface area (Å²) in [6, 6.07) is 0. The summed E-state index contributed by atoms with van der Waals surface area (Å²) in [6.45, 7) is 1.73. The second kappa shape index (κ2) is 5.28. The zero-order chi connectivity index (χ0) is 12.3. The molecule has 0 saturated carbocycles. The number of aryl methyl sites for hydroxylation is 1. The van der Waals surface area contributed by atoms with Crippen molar-refractivity contribution in [1.29, 1.82) is 0 Å². The molecule has 0 radical (unpaired) electrons. The zero-order valence-electron chi connectivity index (χ0n) is 8.91. The predicted octanol–water partition coefficient (Wildman–Crippen LogP) is 1.75. The van der Waals surface area contributed by atoms with Gasteiger partial charge in [-0.2, -0.15) is 4.98 Å². The van der Waals surface area contributed by atoms with E-state index in [9.17, 15) is 4.79 Å². The molecule has 0 aliphatic rings. The molecule has 2 aromatic rings. The standard InChI is InChI=1S/C9H9N3O3S2/c1-5-10-7(12-15-5)4-17-9-11-6(3-16-9)2-8(13)14/h3H,2,4H2,1H3,(H,13,14). The van der Waals surface area contributed by atoms with E-state index in [1.54, 1.807) is 12.3 Å². The SMILES string of the molecule is Cc1nc(CSc2nc(CC(=O)O)cs2)no1. The van der Waals surface area contributed by atoms with Crippen LogP contribution in [0.5, 0.6) is 0 Å². The monoisotopic (exact) mass is 271 g/mol. The lowest BCUT2D eigenvalue weighted by Gasteiger charge is -1.91. The van der Waals surface area contributed by atoms with Crippen LogP contribution >= 0.6 is 23.1 Å². The van der Waals surface area contributed by atoms with Gasteiger partial charge in [0, 0.05) is 12.3 Å². The second-order valence-electron chi connectivity index (χ2n) is 3.19. The molecule has 0 spiro atoms. The predicted molar refractivity (Wildman–Crippen MR) is 62.0 cm³/mol. The van der Waals surface area contributed by atoms with Gasteiger partial charge in [-0.15, -0.1) is 11.3 Å². The summed E-state index contributed by atoms with van der Waals surface area (Å²) in [4.78, 5) is 18.7. The Hall–Kier alpha value is -1.41. The maximum atomic E-state index is 10.5. The molecule has 1 N–H and O–H groups in total. The van der Waals surface area contributed by atoms with Crippen LogP contribution in [-0.4, -0.2) is 26.2 Å². The highest BCUT2D eigenvalue weighted by Crippen LogP contribution is 2.25. The van der Waals surface area contributed by atoms with E-state index in [4.69, 9.17) is 9.63 Å². The number of carboxylic acids is 1. The van der Waals surface area contributed by atoms with Gasteiger partial charge in [0.1, 0.15) is 0 Å². The third kappa shape index (κ3) is 3.53. The third-order valence-corrected chi connectivity index (χ3v) is 3.82. The normalized spacial score (nSPS) is 10.6. The van der Waals surface area contributed by atoms with E-state index in [1.165, 1.54) is 23.1 Å². The number of thiazole rings is 1. The first-order chi connectivity index (χ1) is 8.13. The van der Waals surface area contributed by atoms with Crippen LogP contribution in [0.15, 0.2) is 14.2 Å². The average Bonchev–Trinajstić information content (AvgIpc) is 2.84. The molecule has 0 amide bonds. The van der Waals surface area contributed by atoms with Crippen molar-refractivity contribution < 1.29 is 14.4 Å². The zero-order valence-corrected chi connectivity index (χ0v) is 10.5. The fourth-order valence-corrected chi connectivity index (χ4v) is 2.80. The van der Waals surface area contributed by atoms with Crippen molar-refractivity contribution in [2.45, 2.75) is 23.4 Å². The molecule has 0 unspecified atom stereocenters. The van der Waals surface area contributed by atoms with Crippen LogP contribution < -0.4 is 0 Å². The van der Waals surface area contributed by atoms with Gasteiger partial charge < -0.3 is 9.63 Å². The Morgan fingerprint density at radius 3 is 3.06 bits per heavy atom. The van der Waals surface area contributed by atoms with Crippen LogP contribution in [0.3, 0.4) is 0 Å². The Labute approximate surface area is 105 Å². The molecule has 90 valence electrons. The van der Waals surface area contributed by atoms with E-state index >= 15 is 0 Å². The van der Waals surface area contributed by atoms with E-state index in [1.807, 2.05) is 0 Å². The van der Waals surface area contributed by atoms with Crippen LogP contribution in [0.2, 0.25) is 0 Å². The fourth-order valence-electron chi connectivity index (χ4n) is 1.12. The number of hydrogen-bond acceptors (Lipinski definition) is 7. The molecule has 0 atom stereocenters. The van der Waals surface area contributed by atoms with Crippen molar-refractivity contribution in [3.63, 3.8) is 0 Å². The second-order valence-corrected chi connectivity index (χ2v) is 5.27. The van der Waals surface area contributed by atoms with Crippen molar-refractivity contribution in [3.05, 3.63) is 22.8 Å². The fraction of sp³-hybridized carbons (Fsp3) is 0.333. The molecule has 2 aromatic heterocycles. The van der Waals surface area contributed by atoms with E-state index in [0.29, 0.717) is 23.2 Å². The van der Waals surface area contributed by atoms with Gasteiger partial charge in [0.2, 0.25) is 5.89 Å². The Morgan fingerprint density at radius 2 is 2.41 bits per heavy atom. The van der Waals surface area contributed by atoms with Gasteiger partial charge in [0.25, 0.3) is 0 Å². The van der Waals surface area contributed by atoms with Gasteiger partial charge in [-0.1, -0.05) is 16.9 Å². The first-order valence-corrected chi connectivity index (χ1v) is 6.58. The van der Waals surface area contributed by atoms with E-state index in [0.717, 1.165) is 4.34 Å². The molecular formula is C9H9N3O3S2. The number of carboxylic acid groups (broad SMARTS) is 1. The van der Waals surface area contributed by atoms with Crippen LogP contribution in [0, 0.1) is 6.92 Å². The summed E-state index contributed by atoms with van der Waals surface area (Å²) in [7, 11) is 0. The number of nitrogens with zero attached hydrogens (tertiary/aromatic N) is 3. The highest BCUT2D eigenvalue weighted by molar-refractivity contribution is 8.00. The number of thioether (sulfide) groups is 1. The molecule has 0 aromatic carbocycles. The van der Waals surface area contributed by atoms with Gasteiger partial charge in [-0.3, -0.25) is 4.79 Å². The van der Waals surface area contributed by atoms with Crippen molar-refractivity contribution in [2.75, 3.05) is 0 Å². The molecule has 17 heavy (non-hydrogen) atoms. The van der Waals surface area contributed by atoms with Gasteiger partial charge in [0.15, 0.2) is 10.2 Å². The van der Waals surface area contributed by atoms with Gasteiger partial charge >= 0.3 is 5.97 Å². The van der Waals surface area contributed by atoms with Crippen molar-refractivity contribution in [2.24, 2.45) is 0 Å². The maximum Gasteiger partial charge on any atom is 0.309 e. The van der Waals surface area contributed by atoms with Gasteiger partial charge in [-0.25, -0.2) is 4.98 Å². The lowest BCUT2D eigenvalue weighted by molar-refractivity contribution is -0.136. The lowest BCUT2D eigenvalue weighted by Crippen LogP contribution is -1.99. The average molecular weight is 271 g/mol. The molecule has 2 rings (SSSR count). The largest absolute Gasteiger partial charge is 0.481 e. The van der Waals surface area contributed by atoms with Crippen LogP contribution in [0.25, 0.3) is 0 Å². The Bertz CT molecular complexity index is 523. The smallest absolute Gasteiger partial charge is 0.309 e. The quantitative estimate of drug-likeness (QED) is 0.828. The summed E-state index contributed by atoms with van der Waals surface area (Å²) in [5.74, 6) is 0.839. The lowest BCUT2D eigenvalue weighted by atomic mass is 10.3. The van der Waals surface area contributed by atoms with E-state index in [-0.39, 0.29) is 6.42 Å². The minimum Gasteiger partial charge on any atom is -0.481 e. The van der Waals surface area contributed by atoms with Gasteiger partial charge in [0.05, 0.1) is 17.9 Å². The molecule has 0 fully saturated rings. The number of hydrogen-bond donors (Lipinski definition) is 1. The highest BCUT2D eigenvalue weighted by Gasteiger charge is 2.08.